The van der Waals surface area contributed by atoms with Crippen LogP contribution < -0.4 is 5.32 Å². The maximum atomic E-state index is 13.7. The summed E-state index contributed by atoms with van der Waals surface area (Å²) < 4.78 is 33.1. The number of para-hydroxylation sites is 1. The van der Waals surface area contributed by atoms with Crippen LogP contribution in [0.1, 0.15) is 22.9 Å². The lowest BCUT2D eigenvalue weighted by molar-refractivity contribution is 0.475. The molecule has 1 heterocycles. The highest BCUT2D eigenvalue weighted by molar-refractivity contribution is 5.78. The predicted molar refractivity (Wildman–Crippen MR) is 78.2 cm³/mol. The molecule has 0 aliphatic carbocycles. The molecule has 0 fully saturated rings. The van der Waals surface area contributed by atoms with Gasteiger partial charge >= 0.3 is 0 Å². The SMILES string of the molecule is CNC(c1ccc(C)c(F)c1)c1cc2cccc(F)c2o1. The molecule has 0 radical (unpaired) electrons. The molecule has 1 atom stereocenters. The molecule has 1 unspecified atom stereocenters. The van der Waals surface area contributed by atoms with Gasteiger partial charge in [0.2, 0.25) is 0 Å². The average molecular weight is 287 g/mol. The number of halogens is 2. The molecule has 0 saturated heterocycles. The highest BCUT2D eigenvalue weighted by Gasteiger charge is 2.19. The summed E-state index contributed by atoms with van der Waals surface area (Å²) in [5.41, 5.74) is 1.55. The third-order valence-electron chi connectivity index (χ3n) is 3.62. The van der Waals surface area contributed by atoms with Gasteiger partial charge in [-0.3, -0.25) is 0 Å². The van der Waals surface area contributed by atoms with Crippen LogP contribution in [0.15, 0.2) is 46.9 Å². The summed E-state index contributed by atoms with van der Waals surface area (Å²) in [7, 11) is 1.76. The highest BCUT2D eigenvalue weighted by Crippen LogP contribution is 2.30. The van der Waals surface area contributed by atoms with E-state index in [0.29, 0.717) is 16.7 Å². The summed E-state index contributed by atoms with van der Waals surface area (Å²) in [6, 6.07) is 11.3. The summed E-state index contributed by atoms with van der Waals surface area (Å²) in [4.78, 5) is 0. The lowest BCUT2D eigenvalue weighted by Gasteiger charge is -2.14. The number of hydrogen-bond acceptors (Lipinski definition) is 2. The average Bonchev–Trinajstić information content (AvgIpc) is 2.89. The van der Waals surface area contributed by atoms with E-state index in [-0.39, 0.29) is 17.4 Å². The smallest absolute Gasteiger partial charge is 0.169 e. The van der Waals surface area contributed by atoms with Crippen molar-refractivity contribution >= 4 is 11.0 Å². The Hall–Kier alpha value is -2.20. The van der Waals surface area contributed by atoms with Gasteiger partial charge in [0, 0.05) is 5.39 Å². The number of hydrogen-bond donors (Lipinski definition) is 1. The Balaban J connectivity index is 2.09. The molecule has 0 amide bonds. The third kappa shape index (κ3) is 2.43. The Bertz CT molecular complexity index is 795. The summed E-state index contributed by atoms with van der Waals surface area (Å²) in [6.45, 7) is 1.71. The molecule has 108 valence electrons. The Morgan fingerprint density at radius 1 is 1.05 bits per heavy atom. The van der Waals surface area contributed by atoms with Crippen LogP contribution >= 0.6 is 0 Å². The van der Waals surface area contributed by atoms with Crippen molar-refractivity contribution in [1.29, 1.82) is 0 Å². The Morgan fingerprint density at radius 2 is 1.86 bits per heavy atom. The molecule has 0 aliphatic rings. The second-order valence-corrected chi connectivity index (χ2v) is 5.04. The summed E-state index contributed by atoms with van der Waals surface area (Å²) in [5, 5.41) is 3.77. The van der Waals surface area contributed by atoms with Crippen LogP contribution in [-0.2, 0) is 0 Å². The molecule has 4 heteroatoms. The second-order valence-electron chi connectivity index (χ2n) is 5.04. The van der Waals surface area contributed by atoms with Gasteiger partial charge in [-0.05, 0) is 43.3 Å². The molecular formula is C17H15F2NO. The fourth-order valence-corrected chi connectivity index (χ4v) is 2.45. The monoisotopic (exact) mass is 287 g/mol. The number of furan rings is 1. The fraction of sp³-hybridized carbons (Fsp3) is 0.176. The fourth-order valence-electron chi connectivity index (χ4n) is 2.45. The van der Waals surface area contributed by atoms with Crippen molar-refractivity contribution in [3.8, 4) is 0 Å². The second kappa shape index (κ2) is 5.30. The van der Waals surface area contributed by atoms with Gasteiger partial charge in [0.1, 0.15) is 11.6 Å². The van der Waals surface area contributed by atoms with Crippen molar-refractivity contribution in [2.24, 2.45) is 0 Å². The normalized spacial score (nSPS) is 12.8. The number of aryl methyl sites for hydroxylation is 1. The summed E-state index contributed by atoms with van der Waals surface area (Å²) >= 11 is 0. The Kier molecular flexibility index (Phi) is 3.47. The van der Waals surface area contributed by atoms with Crippen LogP contribution in [0.5, 0.6) is 0 Å². The van der Waals surface area contributed by atoms with E-state index in [0.717, 1.165) is 5.56 Å². The molecule has 0 saturated carbocycles. The zero-order chi connectivity index (χ0) is 15.0. The van der Waals surface area contributed by atoms with Crippen molar-refractivity contribution in [2.45, 2.75) is 13.0 Å². The molecule has 3 rings (SSSR count). The summed E-state index contributed by atoms with van der Waals surface area (Å²) in [6.07, 6.45) is 0. The molecule has 0 bridgehead atoms. The first-order valence-corrected chi connectivity index (χ1v) is 6.71. The van der Waals surface area contributed by atoms with Crippen LogP contribution in [0.25, 0.3) is 11.0 Å². The van der Waals surface area contributed by atoms with Gasteiger partial charge in [-0.1, -0.05) is 24.3 Å². The van der Waals surface area contributed by atoms with E-state index in [2.05, 4.69) is 5.32 Å². The number of nitrogens with one attached hydrogen (secondary N) is 1. The summed E-state index contributed by atoms with van der Waals surface area (Å²) in [5.74, 6) is -0.111. The molecule has 1 aromatic heterocycles. The van der Waals surface area contributed by atoms with Gasteiger partial charge in [0.25, 0.3) is 0 Å². The van der Waals surface area contributed by atoms with Crippen molar-refractivity contribution < 1.29 is 13.2 Å². The molecule has 0 aliphatic heterocycles. The zero-order valence-electron chi connectivity index (χ0n) is 11.8. The molecule has 21 heavy (non-hydrogen) atoms. The highest BCUT2D eigenvalue weighted by atomic mass is 19.1. The minimum atomic E-state index is -0.399. The molecule has 1 N–H and O–H groups in total. The largest absolute Gasteiger partial charge is 0.456 e. The van der Waals surface area contributed by atoms with Crippen LogP contribution in [-0.4, -0.2) is 7.05 Å². The van der Waals surface area contributed by atoms with Crippen LogP contribution in [0.2, 0.25) is 0 Å². The van der Waals surface area contributed by atoms with E-state index < -0.39 is 5.82 Å². The van der Waals surface area contributed by atoms with Crippen molar-refractivity contribution in [3.63, 3.8) is 0 Å². The molecule has 3 aromatic rings. The maximum Gasteiger partial charge on any atom is 0.169 e. The van der Waals surface area contributed by atoms with Gasteiger partial charge < -0.3 is 9.73 Å². The minimum absolute atomic E-state index is 0.223. The first-order chi connectivity index (χ1) is 10.1. The van der Waals surface area contributed by atoms with E-state index >= 15 is 0 Å². The molecule has 2 aromatic carbocycles. The first kappa shape index (κ1) is 13.8. The van der Waals surface area contributed by atoms with Crippen molar-refractivity contribution in [1.82, 2.24) is 5.32 Å². The maximum absolute atomic E-state index is 13.7. The van der Waals surface area contributed by atoms with E-state index in [1.54, 1.807) is 38.2 Å². The topological polar surface area (TPSA) is 25.2 Å². The molecule has 2 nitrogen and oxygen atoms in total. The van der Waals surface area contributed by atoms with Gasteiger partial charge in [0.15, 0.2) is 11.4 Å². The van der Waals surface area contributed by atoms with Gasteiger partial charge in [-0.2, -0.15) is 0 Å². The van der Waals surface area contributed by atoms with E-state index in [4.69, 9.17) is 4.42 Å². The first-order valence-electron chi connectivity index (χ1n) is 6.71. The van der Waals surface area contributed by atoms with Crippen LogP contribution in [0.3, 0.4) is 0 Å². The number of benzene rings is 2. The third-order valence-corrected chi connectivity index (χ3v) is 3.62. The zero-order valence-corrected chi connectivity index (χ0v) is 11.8. The Labute approximate surface area is 121 Å². The number of rotatable bonds is 3. The molecular weight excluding hydrogens is 272 g/mol. The quantitative estimate of drug-likeness (QED) is 0.775. The minimum Gasteiger partial charge on any atom is -0.456 e. The van der Waals surface area contributed by atoms with Crippen molar-refractivity contribution in [2.75, 3.05) is 7.05 Å². The molecule has 0 spiro atoms. The van der Waals surface area contributed by atoms with Crippen LogP contribution in [0, 0.1) is 18.6 Å². The standard InChI is InChI=1S/C17H15F2NO/c1-10-6-7-11(8-14(10)19)16(20-2)15-9-12-4-3-5-13(18)17(12)21-15/h3-9,16,20H,1-2H3. The Morgan fingerprint density at radius 3 is 2.52 bits per heavy atom. The van der Waals surface area contributed by atoms with Gasteiger partial charge in [0.05, 0.1) is 6.04 Å². The lowest BCUT2D eigenvalue weighted by Crippen LogP contribution is -2.17. The van der Waals surface area contributed by atoms with E-state index in [1.165, 1.54) is 12.1 Å². The number of fused-ring (bicyclic) bond motifs is 1. The predicted octanol–water partition coefficient (Wildman–Crippen LogP) is 4.33. The van der Waals surface area contributed by atoms with E-state index in [9.17, 15) is 8.78 Å². The van der Waals surface area contributed by atoms with E-state index in [1.807, 2.05) is 6.07 Å². The lowest BCUT2D eigenvalue weighted by atomic mass is 10.0. The van der Waals surface area contributed by atoms with Crippen LogP contribution in [0.4, 0.5) is 8.78 Å². The van der Waals surface area contributed by atoms with Gasteiger partial charge in [-0.25, -0.2) is 8.78 Å². The van der Waals surface area contributed by atoms with Crippen molar-refractivity contribution in [3.05, 3.63) is 71.0 Å². The van der Waals surface area contributed by atoms with Gasteiger partial charge in [-0.15, -0.1) is 0 Å².